The van der Waals surface area contributed by atoms with Crippen LogP contribution in [-0.4, -0.2) is 12.6 Å². The molecule has 0 radical (unpaired) electrons. The van der Waals surface area contributed by atoms with Crippen LogP contribution in [0.2, 0.25) is 0 Å². The van der Waals surface area contributed by atoms with Crippen molar-refractivity contribution in [2.75, 3.05) is 6.54 Å². The fourth-order valence-electron chi connectivity index (χ4n) is 2.10. The van der Waals surface area contributed by atoms with Gasteiger partial charge in [0.15, 0.2) is 0 Å². The smallest absolute Gasteiger partial charge is 0.0131 e. The largest absolute Gasteiger partial charge is 0.330 e. The molecule has 0 bridgehead atoms. The molecule has 1 aromatic carbocycles. The van der Waals surface area contributed by atoms with E-state index in [0.29, 0.717) is 11.8 Å². The molecule has 4 N–H and O–H groups in total. The summed E-state index contributed by atoms with van der Waals surface area (Å²) in [6.45, 7) is 5.19. The molecule has 90 valence electrons. The van der Waals surface area contributed by atoms with Gasteiger partial charge in [-0.3, -0.25) is 0 Å². The molecule has 1 rings (SSSR count). The Labute approximate surface area is 99.0 Å². The molecule has 0 heterocycles. The molecule has 0 amide bonds. The summed E-state index contributed by atoms with van der Waals surface area (Å²) >= 11 is 0. The summed E-state index contributed by atoms with van der Waals surface area (Å²) in [6.07, 6.45) is 2.19. The Bertz CT molecular complexity index is 284. The van der Waals surface area contributed by atoms with Gasteiger partial charge in [-0.15, -0.1) is 0 Å². The average Bonchev–Trinajstić information content (AvgIpc) is 2.35. The summed E-state index contributed by atoms with van der Waals surface area (Å²) in [4.78, 5) is 0. The van der Waals surface area contributed by atoms with Crippen LogP contribution in [0.4, 0.5) is 0 Å². The number of benzene rings is 1. The van der Waals surface area contributed by atoms with Gasteiger partial charge in [0.2, 0.25) is 0 Å². The Kier molecular flexibility index (Phi) is 5.50. The summed E-state index contributed by atoms with van der Waals surface area (Å²) in [5.41, 5.74) is 13.1. The average molecular weight is 220 g/mol. The first-order chi connectivity index (χ1) is 7.66. The minimum Gasteiger partial charge on any atom is -0.330 e. The maximum atomic E-state index is 6.29. The molecule has 0 aliphatic heterocycles. The van der Waals surface area contributed by atoms with Crippen molar-refractivity contribution in [2.45, 2.75) is 38.6 Å². The van der Waals surface area contributed by atoms with Crippen LogP contribution < -0.4 is 11.5 Å². The van der Waals surface area contributed by atoms with Crippen LogP contribution in [0.3, 0.4) is 0 Å². The minimum absolute atomic E-state index is 0.217. The lowest BCUT2D eigenvalue weighted by atomic mass is 9.84. The van der Waals surface area contributed by atoms with Gasteiger partial charge in [0.05, 0.1) is 0 Å². The second-order valence-corrected chi connectivity index (χ2v) is 4.68. The Hall–Kier alpha value is -0.860. The van der Waals surface area contributed by atoms with E-state index in [1.807, 2.05) is 6.07 Å². The zero-order valence-corrected chi connectivity index (χ0v) is 10.4. The van der Waals surface area contributed by atoms with Gasteiger partial charge < -0.3 is 11.5 Å². The highest BCUT2D eigenvalue weighted by Crippen LogP contribution is 2.24. The van der Waals surface area contributed by atoms with Crippen LogP contribution in [0.15, 0.2) is 30.3 Å². The monoisotopic (exact) mass is 220 g/mol. The van der Waals surface area contributed by atoms with Crippen molar-refractivity contribution < 1.29 is 0 Å². The number of nitrogens with two attached hydrogens (primary N) is 2. The van der Waals surface area contributed by atoms with Gasteiger partial charge in [-0.1, -0.05) is 44.2 Å². The van der Waals surface area contributed by atoms with Crippen molar-refractivity contribution in [3.8, 4) is 0 Å². The number of hydrogen-bond donors (Lipinski definition) is 2. The van der Waals surface area contributed by atoms with Crippen molar-refractivity contribution in [1.29, 1.82) is 0 Å². The first kappa shape index (κ1) is 13.2. The van der Waals surface area contributed by atoms with E-state index in [9.17, 15) is 0 Å². The van der Waals surface area contributed by atoms with E-state index in [2.05, 4.69) is 38.1 Å². The maximum absolute atomic E-state index is 6.29. The Morgan fingerprint density at radius 3 is 2.31 bits per heavy atom. The lowest BCUT2D eigenvalue weighted by Gasteiger charge is -2.26. The molecular weight excluding hydrogens is 196 g/mol. The molecule has 16 heavy (non-hydrogen) atoms. The van der Waals surface area contributed by atoms with Crippen LogP contribution >= 0.6 is 0 Å². The molecule has 2 nitrogen and oxygen atoms in total. The fraction of sp³-hybridized carbons (Fsp3) is 0.571. The van der Waals surface area contributed by atoms with Gasteiger partial charge in [0.25, 0.3) is 0 Å². The molecule has 1 aromatic rings. The fourth-order valence-corrected chi connectivity index (χ4v) is 2.10. The van der Waals surface area contributed by atoms with E-state index in [-0.39, 0.29) is 6.04 Å². The van der Waals surface area contributed by atoms with Crippen molar-refractivity contribution in [3.63, 3.8) is 0 Å². The molecule has 3 unspecified atom stereocenters. The molecule has 0 saturated carbocycles. The molecular formula is C14H24N2. The molecule has 0 spiro atoms. The second kappa shape index (κ2) is 6.66. The topological polar surface area (TPSA) is 52.0 Å². The molecule has 0 aliphatic carbocycles. The number of rotatable bonds is 6. The molecule has 0 aliphatic rings. The third-order valence-electron chi connectivity index (χ3n) is 3.42. The van der Waals surface area contributed by atoms with E-state index < -0.39 is 0 Å². The Morgan fingerprint density at radius 1 is 1.12 bits per heavy atom. The molecule has 2 heteroatoms. The van der Waals surface area contributed by atoms with Crippen LogP contribution in [-0.2, 0) is 0 Å². The summed E-state index contributed by atoms with van der Waals surface area (Å²) in [6, 6.07) is 10.7. The summed E-state index contributed by atoms with van der Waals surface area (Å²) in [5.74, 6) is 0.938. The van der Waals surface area contributed by atoms with Gasteiger partial charge in [-0.2, -0.15) is 0 Å². The zero-order valence-electron chi connectivity index (χ0n) is 10.4. The van der Waals surface area contributed by atoms with Gasteiger partial charge in [-0.05, 0) is 36.8 Å². The van der Waals surface area contributed by atoms with Crippen molar-refractivity contribution >= 4 is 0 Å². The molecule has 0 saturated heterocycles. The Balaban J connectivity index is 2.56. The van der Waals surface area contributed by atoms with Crippen molar-refractivity contribution in [1.82, 2.24) is 0 Å². The highest BCUT2D eigenvalue weighted by Gasteiger charge is 2.20. The van der Waals surface area contributed by atoms with E-state index in [0.717, 1.165) is 19.4 Å². The van der Waals surface area contributed by atoms with E-state index >= 15 is 0 Å². The highest BCUT2D eigenvalue weighted by molar-refractivity contribution is 5.20. The third-order valence-corrected chi connectivity index (χ3v) is 3.42. The van der Waals surface area contributed by atoms with Gasteiger partial charge >= 0.3 is 0 Å². The summed E-state index contributed by atoms with van der Waals surface area (Å²) in [5, 5.41) is 0. The SMILES string of the molecule is CC(CCCN)C(N)C(C)c1ccccc1. The van der Waals surface area contributed by atoms with Gasteiger partial charge in [0.1, 0.15) is 0 Å². The van der Waals surface area contributed by atoms with Crippen LogP contribution in [0.25, 0.3) is 0 Å². The quantitative estimate of drug-likeness (QED) is 0.774. The zero-order chi connectivity index (χ0) is 12.0. The Morgan fingerprint density at radius 2 is 1.75 bits per heavy atom. The lowest BCUT2D eigenvalue weighted by molar-refractivity contribution is 0.377. The summed E-state index contributed by atoms with van der Waals surface area (Å²) in [7, 11) is 0. The number of hydrogen-bond acceptors (Lipinski definition) is 2. The van der Waals surface area contributed by atoms with E-state index in [1.54, 1.807) is 0 Å². The minimum atomic E-state index is 0.217. The third kappa shape index (κ3) is 3.62. The van der Waals surface area contributed by atoms with Crippen LogP contribution in [0, 0.1) is 5.92 Å². The van der Waals surface area contributed by atoms with Crippen LogP contribution in [0.1, 0.15) is 38.2 Å². The lowest BCUT2D eigenvalue weighted by Crippen LogP contribution is -2.33. The van der Waals surface area contributed by atoms with Crippen LogP contribution in [0.5, 0.6) is 0 Å². The van der Waals surface area contributed by atoms with E-state index in [4.69, 9.17) is 11.5 Å². The molecule has 3 atom stereocenters. The van der Waals surface area contributed by atoms with Gasteiger partial charge in [0, 0.05) is 6.04 Å². The summed E-state index contributed by atoms with van der Waals surface area (Å²) < 4.78 is 0. The maximum Gasteiger partial charge on any atom is 0.0131 e. The molecule has 0 fully saturated rings. The standard InChI is InChI=1S/C14H24N2/c1-11(7-6-10-15)14(16)12(2)13-8-4-3-5-9-13/h3-5,8-9,11-12,14H,6-7,10,15-16H2,1-2H3. The molecule has 0 aromatic heterocycles. The normalized spacial score (nSPS) is 16.8. The van der Waals surface area contributed by atoms with E-state index in [1.165, 1.54) is 5.56 Å². The predicted molar refractivity (Wildman–Crippen MR) is 70.3 cm³/mol. The van der Waals surface area contributed by atoms with Crippen molar-refractivity contribution in [2.24, 2.45) is 17.4 Å². The first-order valence-electron chi connectivity index (χ1n) is 6.17. The first-order valence-corrected chi connectivity index (χ1v) is 6.17. The predicted octanol–water partition coefficient (Wildman–Crippen LogP) is 2.49. The van der Waals surface area contributed by atoms with Crippen molar-refractivity contribution in [3.05, 3.63) is 35.9 Å². The highest BCUT2D eigenvalue weighted by atomic mass is 14.7. The second-order valence-electron chi connectivity index (χ2n) is 4.68. The van der Waals surface area contributed by atoms with Gasteiger partial charge in [-0.25, -0.2) is 0 Å².